The molecular formula is C21H19FN2OS3. The van der Waals surface area contributed by atoms with Gasteiger partial charge in [-0.25, -0.2) is 9.37 Å². The normalized spacial score (nSPS) is 15.9. The van der Waals surface area contributed by atoms with Gasteiger partial charge in [0.2, 0.25) is 0 Å². The second-order valence-electron chi connectivity index (χ2n) is 6.49. The average Bonchev–Trinajstić information content (AvgIpc) is 3.12. The first-order valence-electron chi connectivity index (χ1n) is 8.96. The molecule has 3 aromatic rings. The summed E-state index contributed by atoms with van der Waals surface area (Å²) >= 11 is 4.95. The van der Waals surface area contributed by atoms with Crippen molar-refractivity contribution in [2.75, 3.05) is 5.75 Å². The van der Waals surface area contributed by atoms with Crippen molar-refractivity contribution in [3.63, 3.8) is 0 Å². The Balaban J connectivity index is 1.51. The molecule has 3 nitrogen and oxygen atoms in total. The highest BCUT2D eigenvalue weighted by Crippen LogP contribution is 2.37. The van der Waals surface area contributed by atoms with E-state index in [-0.39, 0.29) is 17.8 Å². The van der Waals surface area contributed by atoms with Crippen LogP contribution in [0.15, 0.2) is 57.6 Å². The van der Waals surface area contributed by atoms with Gasteiger partial charge in [-0.2, -0.15) is 0 Å². The van der Waals surface area contributed by atoms with Crippen LogP contribution in [0.5, 0.6) is 0 Å². The topological polar surface area (TPSA) is 42.0 Å². The molecule has 144 valence electrons. The van der Waals surface area contributed by atoms with Crippen LogP contribution in [0, 0.1) is 12.7 Å². The minimum absolute atomic E-state index is 0.121. The van der Waals surface area contributed by atoms with Gasteiger partial charge in [-0.3, -0.25) is 4.79 Å². The molecule has 1 aliphatic heterocycles. The lowest BCUT2D eigenvalue weighted by Crippen LogP contribution is -2.31. The van der Waals surface area contributed by atoms with Crippen molar-refractivity contribution in [2.45, 2.75) is 34.9 Å². The van der Waals surface area contributed by atoms with Gasteiger partial charge >= 0.3 is 0 Å². The van der Waals surface area contributed by atoms with Gasteiger partial charge in [0.25, 0.3) is 5.91 Å². The summed E-state index contributed by atoms with van der Waals surface area (Å²) in [6, 6.07) is 12.3. The van der Waals surface area contributed by atoms with Gasteiger partial charge in [0, 0.05) is 26.7 Å². The first-order valence-corrected chi connectivity index (χ1v) is 11.8. The summed E-state index contributed by atoms with van der Waals surface area (Å²) in [4.78, 5) is 19.5. The number of thioether (sulfide) groups is 2. The zero-order chi connectivity index (χ0) is 19.5. The summed E-state index contributed by atoms with van der Waals surface area (Å²) in [5, 5.41) is 6.21. The highest BCUT2D eigenvalue weighted by molar-refractivity contribution is 7.99. The molecule has 1 aromatic heterocycles. The number of carbonyl (C=O) groups excluding carboxylic acids is 1. The Morgan fingerprint density at radius 2 is 2.18 bits per heavy atom. The first-order chi connectivity index (χ1) is 13.6. The Hall–Kier alpha value is -1.83. The minimum atomic E-state index is -0.269. The molecule has 0 bridgehead atoms. The van der Waals surface area contributed by atoms with Gasteiger partial charge in [-0.15, -0.1) is 34.9 Å². The summed E-state index contributed by atoms with van der Waals surface area (Å²) in [6.07, 6.45) is 0.792. The van der Waals surface area contributed by atoms with Crippen molar-refractivity contribution in [1.29, 1.82) is 0 Å². The van der Waals surface area contributed by atoms with Gasteiger partial charge in [0.1, 0.15) is 5.82 Å². The van der Waals surface area contributed by atoms with Crippen molar-refractivity contribution in [2.24, 2.45) is 0 Å². The number of amides is 1. The van der Waals surface area contributed by atoms with E-state index in [1.165, 1.54) is 12.1 Å². The SMILES string of the molecule is Cc1nc(CSc2ccccc2C(=O)NC2CCSc3ccc(F)cc32)cs1. The number of nitrogens with one attached hydrogen (secondary N) is 1. The monoisotopic (exact) mass is 430 g/mol. The molecule has 1 atom stereocenters. The lowest BCUT2D eigenvalue weighted by molar-refractivity contribution is 0.0932. The van der Waals surface area contributed by atoms with Crippen LogP contribution < -0.4 is 5.32 Å². The Bertz CT molecular complexity index is 1000. The zero-order valence-electron chi connectivity index (χ0n) is 15.3. The molecule has 0 aliphatic carbocycles. The number of aromatic nitrogens is 1. The molecule has 1 aliphatic rings. The van der Waals surface area contributed by atoms with Crippen LogP contribution in [0.4, 0.5) is 4.39 Å². The number of benzene rings is 2. The number of rotatable bonds is 5. The molecule has 0 saturated carbocycles. The summed E-state index contributed by atoms with van der Waals surface area (Å²) < 4.78 is 13.7. The Morgan fingerprint density at radius 3 is 3.00 bits per heavy atom. The number of halogens is 1. The van der Waals surface area contributed by atoms with Crippen LogP contribution in [0.25, 0.3) is 0 Å². The molecule has 4 rings (SSSR count). The number of fused-ring (bicyclic) bond motifs is 1. The molecule has 2 heterocycles. The van der Waals surface area contributed by atoms with E-state index in [1.807, 2.05) is 31.2 Å². The van der Waals surface area contributed by atoms with E-state index < -0.39 is 0 Å². The summed E-state index contributed by atoms with van der Waals surface area (Å²) in [5.41, 5.74) is 2.54. The van der Waals surface area contributed by atoms with Crippen molar-refractivity contribution >= 4 is 40.8 Å². The summed E-state index contributed by atoms with van der Waals surface area (Å²) in [7, 11) is 0. The maximum atomic E-state index is 13.7. The van der Waals surface area contributed by atoms with Crippen LogP contribution in [0.3, 0.4) is 0 Å². The maximum absolute atomic E-state index is 13.7. The van der Waals surface area contributed by atoms with Gasteiger partial charge in [-0.1, -0.05) is 12.1 Å². The van der Waals surface area contributed by atoms with Crippen LogP contribution in [0.1, 0.15) is 39.1 Å². The minimum Gasteiger partial charge on any atom is -0.345 e. The summed E-state index contributed by atoms with van der Waals surface area (Å²) in [5.74, 6) is 1.24. The van der Waals surface area contributed by atoms with Crippen molar-refractivity contribution in [1.82, 2.24) is 10.3 Å². The first kappa shape index (κ1) is 19.5. The Labute approximate surface area is 176 Å². The van der Waals surface area contributed by atoms with Gasteiger partial charge in [0.15, 0.2) is 0 Å². The molecule has 1 unspecified atom stereocenters. The largest absolute Gasteiger partial charge is 0.345 e. The quantitative estimate of drug-likeness (QED) is 0.516. The number of aryl methyl sites for hydroxylation is 1. The van der Waals surface area contributed by atoms with E-state index in [0.717, 1.165) is 44.0 Å². The number of carbonyl (C=O) groups is 1. The fraction of sp³-hybridized carbons (Fsp3) is 0.238. The van der Waals surface area contributed by atoms with Crippen LogP contribution >= 0.6 is 34.9 Å². The van der Waals surface area contributed by atoms with E-state index in [2.05, 4.69) is 15.7 Å². The predicted molar refractivity (Wildman–Crippen MR) is 115 cm³/mol. The second-order valence-corrected chi connectivity index (χ2v) is 9.70. The third kappa shape index (κ3) is 4.42. The molecule has 1 amide bonds. The molecular weight excluding hydrogens is 411 g/mol. The number of thiazole rings is 1. The number of hydrogen-bond acceptors (Lipinski definition) is 5. The van der Waals surface area contributed by atoms with Crippen LogP contribution in [0.2, 0.25) is 0 Å². The molecule has 7 heteroatoms. The van der Waals surface area contributed by atoms with E-state index in [4.69, 9.17) is 0 Å². The zero-order valence-corrected chi connectivity index (χ0v) is 17.7. The van der Waals surface area contributed by atoms with E-state index >= 15 is 0 Å². The molecule has 2 aromatic carbocycles. The highest BCUT2D eigenvalue weighted by atomic mass is 32.2. The van der Waals surface area contributed by atoms with Gasteiger partial charge in [0.05, 0.1) is 22.3 Å². The van der Waals surface area contributed by atoms with E-state index in [1.54, 1.807) is 40.9 Å². The van der Waals surface area contributed by atoms with E-state index in [0.29, 0.717) is 5.56 Å². The molecule has 0 spiro atoms. The van der Waals surface area contributed by atoms with Crippen LogP contribution in [-0.2, 0) is 5.75 Å². The Kier molecular flexibility index (Phi) is 6.04. The fourth-order valence-electron chi connectivity index (χ4n) is 3.16. The second kappa shape index (κ2) is 8.68. The number of nitrogens with zero attached hydrogens (tertiary/aromatic N) is 1. The third-order valence-corrected chi connectivity index (χ3v) is 7.54. The third-order valence-electron chi connectivity index (χ3n) is 4.49. The number of hydrogen-bond donors (Lipinski definition) is 1. The lowest BCUT2D eigenvalue weighted by atomic mass is 10.0. The molecule has 0 radical (unpaired) electrons. The van der Waals surface area contributed by atoms with Gasteiger partial charge < -0.3 is 5.32 Å². The fourth-order valence-corrected chi connectivity index (χ4v) is 5.92. The Morgan fingerprint density at radius 1 is 1.32 bits per heavy atom. The summed E-state index contributed by atoms with van der Waals surface area (Å²) in [6.45, 7) is 1.99. The molecule has 0 saturated heterocycles. The molecule has 28 heavy (non-hydrogen) atoms. The smallest absolute Gasteiger partial charge is 0.252 e. The van der Waals surface area contributed by atoms with Crippen LogP contribution in [-0.4, -0.2) is 16.6 Å². The molecule has 1 N–H and O–H groups in total. The van der Waals surface area contributed by atoms with Gasteiger partial charge in [-0.05, 0) is 49.2 Å². The van der Waals surface area contributed by atoms with Crippen molar-refractivity contribution < 1.29 is 9.18 Å². The standard InChI is InChI=1S/C21H19FN2OS3/c1-13-23-15(11-27-13)12-28-19-5-3-2-4-16(19)21(25)24-18-8-9-26-20-7-6-14(22)10-17(18)20/h2-7,10-11,18H,8-9,12H2,1H3,(H,24,25). The predicted octanol–water partition coefficient (Wildman–Crippen LogP) is 5.85. The average molecular weight is 431 g/mol. The van der Waals surface area contributed by atoms with Crippen molar-refractivity contribution in [3.05, 3.63) is 75.5 Å². The highest BCUT2D eigenvalue weighted by Gasteiger charge is 2.24. The maximum Gasteiger partial charge on any atom is 0.252 e. The van der Waals surface area contributed by atoms with Crippen molar-refractivity contribution in [3.8, 4) is 0 Å². The van der Waals surface area contributed by atoms with E-state index in [9.17, 15) is 9.18 Å². The molecule has 0 fully saturated rings. The lowest BCUT2D eigenvalue weighted by Gasteiger charge is -2.26.